The van der Waals surface area contributed by atoms with Gasteiger partial charge in [-0.3, -0.25) is 4.79 Å². The average molecular weight is 278 g/mol. The molecule has 0 aliphatic carbocycles. The van der Waals surface area contributed by atoms with Crippen molar-refractivity contribution in [2.24, 2.45) is 0 Å². The van der Waals surface area contributed by atoms with Crippen molar-refractivity contribution in [1.82, 2.24) is 0 Å². The highest BCUT2D eigenvalue weighted by Gasteiger charge is 2.14. The van der Waals surface area contributed by atoms with Crippen molar-refractivity contribution in [3.63, 3.8) is 0 Å². The van der Waals surface area contributed by atoms with E-state index in [2.05, 4.69) is 5.32 Å². The number of nitrogens with two attached hydrogens (primary N) is 1. The molecule has 0 aliphatic heterocycles. The smallest absolute Gasteiger partial charge is 0.237 e. The normalized spacial score (nSPS) is 12.1. The Morgan fingerprint density at radius 2 is 2.06 bits per heavy atom. The van der Waals surface area contributed by atoms with Crippen molar-refractivity contribution in [1.29, 1.82) is 0 Å². The second kappa shape index (κ2) is 5.93. The van der Waals surface area contributed by atoms with Crippen LogP contribution in [-0.2, 0) is 4.79 Å². The molecule has 2 aromatic rings. The highest BCUT2D eigenvalue weighted by molar-refractivity contribution is 8.02. The van der Waals surface area contributed by atoms with Crippen LogP contribution in [0.1, 0.15) is 6.92 Å². The van der Waals surface area contributed by atoms with Gasteiger partial charge in [-0.15, -0.1) is 23.1 Å². The number of nitrogens with one attached hydrogen (secondary N) is 1. The van der Waals surface area contributed by atoms with Crippen molar-refractivity contribution in [2.75, 3.05) is 11.1 Å². The molecule has 18 heavy (non-hydrogen) atoms. The van der Waals surface area contributed by atoms with Gasteiger partial charge in [-0.2, -0.15) is 0 Å². The van der Waals surface area contributed by atoms with E-state index < -0.39 is 0 Å². The lowest BCUT2D eigenvalue weighted by Crippen LogP contribution is -2.22. The van der Waals surface area contributed by atoms with Gasteiger partial charge in [-0.25, -0.2) is 0 Å². The number of hydrogen-bond acceptors (Lipinski definition) is 4. The Morgan fingerprint density at radius 1 is 1.33 bits per heavy atom. The highest BCUT2D eigenvalue weighted by atomic mass is 32.2. The van der Waals surface area contributed by atoms with Gasteiger partial charge >= 0.3 is 0 Å². The Hall–Kier alpha value is -1.46. The fraction of sp³-hybridized carbons (Fsp3) is 0.154. The van der Waals surface area contributed by atoms with E-state index in [9.17, 15) is 4.79 Å². The Morgan fingerprint density at radius 3 is 2.67 bits per heavy atom. The minimum absolute atomic E-state index is 0.00169. The number of rotatable bonds is 4. The quantitative estimate of drug-likeness (QED) is 0.665. The Balaban J connectivity index is 1.93. The van der Waals surface area contributed by atoms with E-state index in [0.717, 1.165) is 9.90 Å². The molecule has 1 atom stereocenters. The van der Waals surface area contributed by atoms with Gasteiger partial charge in [0, 0.05) is 11.4 Å². The summed E-state index contributed by atoms with van der Waals surface area (Å²) in [6.07, 6.45) is 0. The van der Waals surface area contributed by atoms with Crippen LogP contribution in [0, 0.1) is 0 Å². The molecule has 0 saturated heterocycles. The molecule has 0 aliphatic rings. The standard InChI is InChI=1S/C13H14N2OS2/c1-9(18-12-3-2-8-17-12)13(16)15-11-6-4-10(14)5-7-11/h2-9H,14H2,1H3,(H,15,16). The van der Waals surface area contributed by atoms with Crippen LogP contribution in [0.25, 0.3) is 0 Å². The third-order valence-electron chi connectivity index (χ3n) is 2.34. The summed E-state index contributed by atoms with van der Waals surface area (Å²) in [5.74, 6) is -0.00169. The molecular formula is C13H14N2OS2. The topological polar surface area (TPSA) is 55.1 Å². The maximum Gasteiger partial charge on any atom is 0.237 e. The van der Waals surface area contributed by atoms with Crippen molar-refractivity contribution < 1.29 is 4.79 Å². The molecule has 0 radical (unpaired) electrons. The number of carbonyl (C=O) groups excluding carboxylic acids is 1. The summed E-state index contributed by atoms with van der Waals surface area (Å²) in [5, 5.41) is 4.75. The van der Waals surface area contributed by atoms with Gasteiger partial charge in [0.15, 0.2) is 0 Å². The van der Waals surface area contributed by atoms with E-state index in [-0.39, 0.29) is 11.2 Å². The van der Waals surface area contributed by atoms with E-state index in [1.807, 2.05) is 24.4 Å². The summed E-state index contributed by atoms with van der Waals surface area (Å²) in [6.45, 7) is 1.90. The van der Waals surface area contributed by atoms with Crippen LogP contribution in [0.4, 0.5) is 11.4 Å². The number of amides is 1. The number of anilines is 2. The summed E-state index contributed by atoms with van der Waals surface area (Å²) in [5.41, 5.74) is 7.05. The first kappa shape index (κ1) is 13.0. The Labute approximate surface area is 114 Å². The van der Waals surface area contributed by atoms with Crippen molar-refractivity contribution >= 4 is 40.4 Å². The number of nitrogen functional groups attached to an aromatic ring is 1. The molecule has 0 spiro atoms. The number of thioether (sulfide) groups is 1. The zero-order valence-electron chi connectivity index (χ0n) is 9.92. The van der Waals surface area contributed by atoms with E-state index in [1.54, 1.807) is 47.4 Å². The third kappa shape index (κ3) is 3.51. The fourth-order valence-electron chi connectivity index (χ4n) is 1.37. The van der Waals surface area contributed by atoms with Crippen molar-refractivity contribution in [2.45, 2.75) is 16.4 Å². The number of carbonyl (C=O) groups is 1. The second-order valence-electron chi connectivity index (χ2n) is 3.80. The highest BCUT2D eigenvalue weighted by Crippen LogP contribution is 2.28. The molecule has 1 unspecified atom stereocenters. The number of benzene rings is 1. The van der Waals surface area contributed by atoms with Crippen LogP contribution in [0.15, 0.2) is 46.0 Å². The Bertz CT molecular complexity index is 508. The van der Waals surface area contributed by atoms with Crippen molar-refractivity contribution in [3.8, 4) is 0 Å². The molecule has 0 bridgehead atoms. The van der Waals surface area contributed by atoms with Gasteiger partial charge in [0.2, 0.25) is 5.91 Å². The van der Waals surface area contributed by atoms with Crippen molar-refractivity contribution in [3.05, 3.63) is 41.8 Å². The maximum atomic E-state index is 12.0. The third-order valence-corrected chi connectivity index (χ3v) is 4.51. The van der Waals surface area contributed by atoms with E-state index >= 15 is 0 Å². The van der Waals surface area contributed by atoms with E-state index in [1.165, 1.54) is 0 Å². The molecule has 3 nitrogen and oxygen atoms in total. The number of hydrogen-bond donors (Lipinski definition) is 2. The lowest BCUT2D eigenvalue weighted by atomic mass is 10.3. The van der Waals surface area contributed by atoms with Gasteiger partial charge < -0.3 is 11.1 Å². The molecule has 1 aromatic carbocycles. The zero-order valence-corrected chi connectivity index (χ0v) is 11.6. The largest absolute Gasteiger partial charge is 0.399 e. The second-order valence-corrected chi connectivity index (χ2v) is 6.39. The lowest BCUT2D eigenvalue weighted by molar-refractivity contribution is -0.115. The van der Waals surface area contributed by atoms with E-state index in [4.69, 9.17) is 5.73 Å². The molecule has 94 valence electrons. The minimum Gasteiger partial charge on any atom is -0.399 e. The predicted molar refractivity (Wildman–Crippen MR) is 79.1 cm³/mol. The van der Waals surface area contributed by atoms with Gasteiger partial charge in [0.25, 0.3) is 0 Å². The van der Waals surface area contributed by atoms with Gasteiger partial charge in [-0.1, -0.05) is 6.07 Å². The molecule has 3 N–H and O–H groups in total. The predicted octanol–water partition coefficient (Wildman–Crippen LogP) is 3.45. The zero-order chi connectivity index (χ0) is 13.0. The monoisotopic (exact) mass is 278 g/mol. The molecule has 5 heteroatoms. The van der Waals surface area contributed by atoms with Crippen LogP contribution >= 0.6 is 23.1 Å². The molecule has 0 fully saturated rings. The Kier molecular flexibility index (Phi) is 4.28. The van der Waals surface area contributed by atoms with Crippen LogP contribution in [-0.4, -0.2) is 11.2 Å². The SMILES string of the molecule is CC(Sc1cccs1)C(=O)Nc1ccc(N)cc1. The molecule has 0 saturated carbocycles. The summed E-state index contributed by atoms with van der Waals surface area (Å²) < 4.78 is 1.15. The molecular weight excluding hydrogens is 264 g/mol. The molecule has 2 rings (SSSR count). The van der Waals surface area contributed by atoms with Crippen LogP contribution in [0.5, 0.6) is 0 Å². The van der Waals surface area contributed by atoms with E-state index in [0.29, 0.717) is 5.69 Å². The molecule has 1 amide bonds. The van der Waals surface area contributed by atoms with Gasteiger partial charge in [0.1, 0.15) is 0 Å². The fourth-order valence-corrected chi connectivity index (χ4v) is 3.31. The first-order chi connectivity index (χ1) is 8.65. The summed E-state index contributed by atoms with van der Waals surface area (Å²) in [6, 6.07) is 11.1. The van der Waals surface area contributed by atoms with Gasteiger partial charge in [-0.05, 0) is 42.6 Å². The van der Waals surface area contributed by atoms with Crippen LogP contribution < -0.4 is 11.1 Å². The van der Waals surface area contributed by atoms with Crippen LogP contribution in [0.3, 0.4) is 0 Å². The maximum absolute atomic E-state index is 12.0. The number of thiophene rings is 1. The summed E-state index contributed by atoms with van der Waals surface area (Å²) in [4.78, 5) is 12.0. The average Bonchev–Trinajstić information content (AvgIpc) is 2.85. The summed E-state index contributed by atoms with van der Waals surface area (Å²) >= 11 is 3.21. The first-order valence-electron chi connectivity index (χ1n) is 5.52. The first-order valence-corrected chi connectivity index (χ1v) is 7.27. The summed E-state index contributed by atoms with van der Waals surface area (Å²) in [7, 11) is 0. The lowest BCUT2D eigenvalue weighted by Gasteiger charge is -2.11. The van der Waals surface area contributed by atoms with Gasteiger partial charge in [0.05, 0.1) is 9.46 Å². The minimum atomic E-state index is -0.124. The molecule has 1 aromatic heterocycles. The van der Waals surface area contributed by atoms with Crippen LogP contribution in [0.2, 0.25) is 0 Å². The molecule has 1 heterocycles.